The fourth-order valence-electron chi connectivity index (χ4n) is 3.12. The summed E-state index contributed by atoms with van der Waals surface area (Å²) in [5, 5.41) is 2.71. The van der Waals surface area contributed by atoms with Crippen molar-refractivity contribution in [3.05, 3.63) is 48.5 Å². The van der Waals surface area contributed by atoms with Gasteiger partial charge in [-0.05, 0) is 49.1 Å². The van der Waals surface area contributed by atoms with Crippen LogP contribution in [-0.4, -0.2) is 26.5 Å². The zero-order chi connectivity index (χ0) is 21.0. The van der Waals surface area contributed by atoms with Crippen LogP contribution >= 0.6 is 0 Å². The maximum absolute atomic E-state index is 12.4. The van der Waals surface area contributed by atoms with E-state index in [-0.39, 0.29) is 40.6 Å². The first-order valence-electron chi connectivity index (χ1n) is 8.96. The van der Waals surface area contributed by atoms with E-state index < -0.39 is 16.1 Å². The molecular formula is C19H22N4O5S. The van der Waals surface area contributed by atoms with Crippen molar-refractivity contribution in [3.63, 3.8) is 0 Å². The number of nitrogens with one attached hydrogen (secondary N) is 2. The van der Waals surface area contributed by atoms with Crippen LogP contribution in [0, 0.1) is 5.92 Å². The minimum absolute atomic E-state index is 0.109. The average molecular weight is 418 g/mol. The number of anilines is 3. The maximum atomic E-state index is 12.4. The third-order valence-electron chi connectivity index (χ3n) is 4.58. The SMILES string of the molecule is NC(=O)OC1CC(CC(=O)Nc2ccc(NS(=O)(=O)c3ccccc3)cc2N)C1. The smallest absolute Gasteiger partial charge is 0.404 e. The number of amides is 2. The van der Waals surface area contributed by atoms with Gasteiger partial charge in [0.15, 0.2) is 0 Å². The topological polar surface area (TPSA) is 154 Å². The van der Waals surface area contributed by atoms with Gasteiger partial charge in [-0.15, -0.1) is 0 Å². The molecule has 1 fully saturated rings. The molecule has 0 saturated heterocycles. The summed E-state index contributed by atoms with van der Waals surface area (Å²) in [6.45, 7) is 0. The van der Waals surface area contributed by atoms with Gasteiger partial charge in [0.1, 0.15) is 6.10 Å². The highest BCUT2D eigenvalue weighted by Gasteiger charge is 2.33. The van der Waals surface area contributed by atoms with Crippen LogP contribution < -0.4 is 21.5 Å². The lowest BCUT2D eigenvalue weighted by atomic mass is 9.80. The number of ether oxygens (including phenoxy) is 1. The molecule has 0 unspecified atom stereocenters. The van der Waals surface area contributed by atoms with E-state index in [1.807, 2.05) is 0 Å². The molecule has 29 heavy (non-hydrogen) atoms. The largest absolute Gasteiger partial charge is 0.446 e. The van der Waals surface area contributed by atoms with E-state index in [4.69, 9.17) is 16.2 Å². The Bertz CT molecular complexity index is 1000. The van der Waals surface area contributed by atoms with Gasteiger partial charge in [0.25, 0.3) is 10.0 Å². The molecule has 154 valence electrons. The summed E-state index contributed by atoms with van der Waals surface area (Å²) >= 11 is 0. The Morgan fingerprint density at radius 2 is 1.79 bits per heavy atom. The van der Waals surface area contributed by atoms with Crippen molar-refractivity contribution in [3.8, 4) is 0 Å². The number of sulfonamides is 1. The van der Waals surface area contributed by atoms with Gasteiger partial charge in [-0.1, -0.05) is 18.2 Å². The second kappa shape index (κ2) is 8.39. The molecule has 2 aromatic carbocycles. The van der Waals surface area contributed by atoms with Crippen LogP contribution in [0.25, 0.3) is 0 Å². The molecule has 0 radical (unpaired) electrons. The van der Waals surface area contributed by atoms with Gasteiger partial charge >= 0.3 is 6.09 Å². The van der Waals surface area contributed by atoms with E-state index in [1.165, 1.54) is 30.3 Å². The number of rotatable bonds is 7. The third-order valence-corrected chi connectivity index (χ3v) is 5.98. The van der Waals surface area contributed by atoms with Crippen LogP contribution in [0.1, 0.15) is 19.3 Å². The predicted molar refractivity (Wildman–Crippen MR) is 109 cm³/mol. The lowest BCUT2D eigenvalue weighted by Crippen LogP contribution is -2.36. The fraction of sp³-hybridized carbons (Fsp3) is 0.263. The van der Waals surface area contributed by atoms with Crippen molar-refractivity contribution < 1.29 is 22.7 Å². The van der Waals surface area contributed by atoms with E-state index in [0.717, 1.165) is 0 Å². The van der Waals surface area contributed by atoms with Crippen LogP contribution in [0.3, 0.4) is 0 Å². The molecule has 0 bridgehead atoms. The summed E-state index contributed by atoms with van der Waals surface area (Å²) in [6, 6.07) is 12.5. The van der Waals surface area contributed by atoms with Crippen LogP contribution in [0.15, 0.2) is 53.4 Å². The molecule has 6 N–H and O–H groups in total. The Labute approximate surface area is 168 Å². The van der Waals surface area contributed by atoms with Gasteiger partial charge in [0.2, 0.25) is 5.91 Å². The molecule has 1 aliphatic rings. The van der Waals surface area contributed by atoms with Crippen molar-refractivity contribution in [1.82, 2.24) is 0 Å². The summed E-state index contributed by atoms with van der Waals surface area (Å²) in [5.41, 5.74) is 11.8. The molecule has 0 heterocycles. The van der Waals surface area contributed by atoms with Gasteiger partial charge in [-0.25, -0.2) is 13.2 Å². The molecule has 0 atom stereocenters. The van der Waals surface area contributed by atoms with E-state index in [0.29, 0.717) is 18.5 Å². The number of hydrogen-bond donors (Lipinski definition) is 4. The zero-order valence-corrected chi connectivity index (χ0v) is 16.3. The molecule has 10 heteroatoms. The highest BCUT2D eigenvalue weighted by molar-refractivity contribution is 7.92. The molecule has 0 spiro atoms. The zero-order valence-electron chi connectivity index (χ0n) is 15.5. The molecule has 0 aliphatic heterocycles. The van der Waals surface area contributed by atoms with Crippen LogP contribution in [0.5, 0.6) is 0 Å². The van der Waals surface area contributed by atoms with Crippen molar-refractivity contribution in [2.24, 2.45) is 11.7 Å². The maximum Gasteiger partial charge on any atom is 0.404 e. The Hall–Kier alpha value is -3.27. The van der Waals surface area contributed by atoms with E-state index in [9.17, 15) is 18.0 Å². The number of benzene rings is 2. The minimum Gasteiger partial charge on any atom is -0.446 e. The average Bonchev–Trinajstić information content (AvgIpc) is 2.62. The van der Waals surface area contributed by atoms with Gasteiger partial charge in [0.05, 0.1) is 22.0 Å². The van der Waals surface area contributed by atoms with Gasteiger partial charge in [0, 0.05) is 6.42 Å². The minimum atomic E-state index is -3.73. The number of primary amides is 1. The second-order valence-electron chi connectivity index (χ2n) is 6.87. The number of carbonyl (C=O) groups is 2. The van der Waals surface area contributed by atoms with E-state index in [1.54, 1.807) is 18.2 Å². The molecule has 1 saturated carbocycles. The number of nitrogens with two attached hydrogens (primary N) is 2. The van der Waals surface area contributed by atoms with Crippen molar-refractivity contribution in [2.75, 3.05) is 15.8 Å². The van der Waals surface area contributed by atoms with E-state index >= 15 is 0 Å². The lowest BCUT2D eigenvalue weighted by Gasteiger charge is -2.33. The third kappa shape index (κ3) is 5.38. The van der Waals surface area contributed by atoms with E-state index in [2.05, 4.69) is 10.0 Å². The quantitative estimate of drug-likeness (QED) is 0.506. The van der Waals surface area contributed by atoms with Crippen LogP contribution in [0.2, 0.25) is 0 Å². The summed E-state index contributed by atoms with van der Waals surface area (Å²) in [5.74, 6) is -0.116. The van der Waals surface area contributed by atoms with Crippen molar-refractivity contribution in [1.29, 1.82) is 0 Å². The molecule has 1 aliphatic carbocycles. The number of carbonyl (C=O) groups excluding carboxylic acids is 2. The Morgan fingerprint density at radius 3 is 2.41 bits per heavy atom. The van der Waals surface area contributed by atoms with Crippen molar-refractivity contribution >= 4 is 39.1 Å². The highest BCUT2D eigenvalue weighted by Crippen LogP contribution is 2.33. The highest BCUT2D eigenvalue weighted by atomic mass is 32.2. The lowest BCUT2D eigenvalue weighted by molar-refractivity contribution is -0.118. The number of hydrogen-bond acceptors (Lipinski definition) is 6. The van der Waals surface area contributed by atoms with Crippen molar-refractivity contribution in [2.45, 2.75) is 30.3 Å². The van der Waals surface area contributed by atoms with Crippen LogP contribution in [-0.2, 0) is 19.6 Å². The molecule has 3 rings (SSSR count). The molecular weight excluding hydrogens is 396 g/mol. The first kappa shape index (κ1) is 20.5. The summed E-state index contributed by atoms with van der Waals surface area (Å²) in [4.78, 5) is 23.0. The van der Waals surface area contributed by atoms with Gasteiger partial charge in [-0.3, -0.25) is 9.52 Å². The normalized spacial score (nSPS) is 18.3. The first-order valence-corrected chi connectivity index (χ1v) is 10.4. The predicted octanol–water partition coefficient (Wildman–Crippen LogP) is 2.27. The Morgan fingerprint density at radius 1 is 1.10 bits per heavy atom. The second-order valence-corrected chi connectivity index (χ2v) is 8.55. The Kier molecular flexibility index (Phi) is 5.92. The summed E-state index contributed by atoms with van der Waals surface area (Å²) < 4.78 is 32.0. The standard InChI is InChI=1S/C19H22N4O5S/c20-16-11-13(23-29(26,27)15-4-2-1-3-5-15)6-7-17(16)22-18(24)10-12-8-14(9-12)28-19(21)25/h1-7,11-12,14,23H,8-10,20H2,(H2,21,25)(H,22,24). The summed E-state index contributed by atoms with van der Waals surface area (Å²) in [6.07, 6.45) is 0.402. The van der Waals surface area contributed by atoms with Gasteiger partial charge < -0.3 is 21.5 Å². The monoisotopic (exact) mass is 418 g/mol. The molecule has 0 aromatic heterocycles. The molecule has 2 amide bonds. The first-order chi connectivity index (χ1) is 13.7. The molecule has 9 nitrogen and oxygen atoms in total. The number of nitrogen functional groups attached to an aromatic ring is 1. The Balaban J connectivity index is 1.56. The van der Waals surface area contributed by atoms with Crippen LogP contribution in [0.4, 0.5) is 21.9 Å². The van der Waals surface area contributed by atoms with Gasteiger partial charge in [-0.2, -0.15) is 0 Å². The summed E-state index contributed by atoms with van der Waals surface area (Å²) in [7, 11) is -3.73. The molecule has 2 aromatic rings. The fourth-order valence-corrected chi connectivity index (χ4v) is 4.19.